The molecule has 2 aromatic carbocycles. The van der Waals surface area contributed by atoms with Crippen LogP contribution in [0.15, 0.2) is 48.5 Å². The van der Waals surface area contributed by atoms with Crippen LogP contribution in [0.1, 0.15) is 87.2 Å². The zero-order valence-corrected chi connectivity index (χ0v) is 16.8. The maximum Gasteiger partial charge on any atom is 2.00 e. The van der Waals surface area contributed by atoms with Gasteiger partial charge in [-0.05, 0) is 0 Å². The van der Waals surface area contributed by atoms with Gasteiger partial charge in [0.25, 0.3) is 0 Å². The molecule has 0 radical (unpaired) electrons. The second-order valence-electron chi connectivity index (χ2n) is 7.11. The Kier molecular flexibility index (Phi) is 8.59. The van der Waals surface area contributed by atoms with Gasteiger partial charge in [0.05, 0.1) is 0 Å². The number of rotatable bonds is 2. The fourth-order valence-corrected chi connectivity index (χ4v) is 4.19. The van der Waals surface area contributed by atoms with E-state index in [1.165, 1.54) is 64.2 Å². The third-order valence-electron chi connectivity index (χ3n) is 5.53. The van der Waals surface area contributed by atoms with Crippen molar-refractivity contribution in [2.45, 2.75) is 76.0 Å². The van der Waals surface area contributed by atoms with Crippen LogP contribution in [-0.2, 0) is 26.2 Å². The van der Waals surface area contributed by atoms with Crippen LogP contribution in [-0.4, -0.2) is 0 Å². The monoisotopic (exact) mass is 384 g/mol. The molecule has 1 heteroatoms. The maximum absolute atomic E-state index is 2.27. The first-order chi connectivity index (χ1) is 10.9. The summed E-state index contributed by atoms with van der Waals surface area (Å²) < 4.78 is 0. The molecular formula is C22H30Zr. The fourth-order valence-electron chi connectivity index (χ4n) is 4.19. The first-order valence-electron chi connectivity index (χ1n) is 9.37. The van der Waals surface area contributed by atoms with Crippen LogP contribution in [0.25, 0.3) is 0 Å². The molecule has 0 aliphatic heterocycles. The van der Waals surface area contributed by atoms with E-state index in [-0.39, 0.29) is 26.2 Å². The van der Waals surface area contributed by atoms with Crippen LogP contribution in [0.3, 0.4) is 0 Å². The molecule has 0 nitrogen and oxygen atoms in total. The summed E-state index contributed by atoms with van der Waals surface area (Å²) in [7, 11) is 0. The molecule has 2 fully saturated rings. The van der Waals surface area contributed by atoms with Gasteiger partial charge >= 0.3 is 26.2 Å². The first kappa shape index (κ1) is 18.9. The van der Waals surface area contributed by atoms with Crippen molar-refractivity contribution < 1.29 is 26.2 Å². The molecule has 0 bridgehead atoms. The van der Waals surface area contributed by atoms with Crippen molar-refractivity contribution in [2.75, 3.05) is 0 Å². The minimum atomic E-state index is 0. The predicted molar refractivity (Wildman–Crippen MR) is 95.7 cm³/mol. The number of hydrogen-bond donors (Lipinski definition) is 0. The molecule has 0 N–H and O–H groups in total. The molecule has 4 rings (SSSR count). The first-order valence-corrected chi connectivity index (χ1v) is 9.37. The molecule has 0 heterocycles. The third-order valence-corrected chi connectivity index (χ3v) is 5.53. The SMILES string of the molecule is [Zr+2].c1cc[c-](C2CCCCC2)c1.c1cc[c-](C2CCCCC2)c1. The summed E-state index contributed by atoms with van der Waals surface area (Å²) >= 11 is 0. The van der Waals surface area contributed by atoms with Crippen molar-refractivity contribution in [1.82, 2.24) is 0 Å². The molecule has 122 valence electrons. The van der Waals surface area contributed by atoms with Crippen LogP contribution in [0.4, 0.5) is 0 Å². The standard InChI is InChI=1S/2C11H15.Zr/c2*1-2-6-10(7-3-1)11-8-4-5-9-11;/h2*4-5,8-10H,1-3,6-7H2;/q2*-1;+2. The van der Waals surface area contributed by atoms with E-state index < -0.39 is 0 Å². The average molecular weight is 386 g/mol. The van der Waals surface area contributed by atoms with Gasteiger partial charge < -0.3 is 0 Å². The van der Waals surface area contributed by atoms with Crippen molar-refractivity contribution in [1.29, 1.82) is 0 Å². The van der Waals surface area contributed by atoms with E-state index >= 15 is 0 Å². The average Bonchev–Trinajstić information content (AvgIpc) is 3.31. The van der Waals surface area contributed by atoms with Crippen molar-refractivity contribution in [3.05, 3.63) is 59.7 Å². The summed E-state index contributed by atoms with van der Waals surface area (Å²) in [6, 6.07) is 17.7. The molecule has 0 atom stereocenters. The van der Waals surface area contributed by atoms with Gasteiger partial charge in [0.1, 0.15) is 0 Å². The molecule has 2 aromatic rings. The van der Waals surface area contributed by atoms with Gasteiger partial charge in [0.2, 0.25) is 0 Å². The Labute approximate surface area is 161 Å². The Morgan fingerprint density at radius 3 is 1.09 bits per heavy atom. The predicted octanol–water partition coefficient (Wildman–Crippen LogP) is 6.90. The zero-order chi connectivity index (χ0) is 15.0. The van der Waals surface area contributed by atoms with Crippen molar-refractivity contribution in [3.63, 3.8) is 0 Å². The van der Waals surface area contributed by atoms with Gasteiger partial charge in [-0.15, -0.1) is 0 Å². The topological polar surface area (TPSA) is 0 Å². The summed E-state index contributed by atoms with van der Waals surface area (Å²) in [6.45, 7) is 0. The van der Waals surface area contributed by atoms with Gasteiger partial charge in [0.15, 0.2) is 0 Å². The summed E-state index contributed by atoms with van der Waals surface area (Å²) in [5, 5.41) is 0. The van der Waals surface area contributed by atoms with E-state index in [9.17, 15) is 0 Å². The van der Waals surface area contributed by atoms with Crippen LogP contribution in [0, 0.1) is 0 Å². The van der Waals surface area contributed by atoms with E-state index in [1.807, 2.05) is 0 Å². The Morgan fingerprint density at radius 2 is 0.783 bits per heavy atom. The molecule has 23 heavy (non-hydrogen) atoms. The second kappa shape index (κ2) is 10.4. The summed E-state index contributed by atoms with van der Waals surface area (Å²) in [6.07, 6.45) is 14.4. The second-order valence-corrected chi connectivity index (χ2v) is 7.11. The molecule has 0 unspecified atom stereocenters. The van der Waals surface area contributed by atoms with Crippen molar-refractivity contribution in [2.24, 2.45) is 0 Å². The molecule has 2 saturated carbocycles. The molecular weight excluding hydrogens is 355 g/mol. The minimum Gasteiger partial charge on any atom is -0.213 e. The quantitative estimate of drug-likeness (QED) is 0.493. The Morgan fingerprint density at radius 1 is 0.478 bits per heavy atom. The molecule has 0 spiro atoms. The Hall–Kier alpha value is -0.417. The van der Waals surface area contributed by atoms with Crippen LogP contribution in [0.2, 0.25) is 0 Å². The zero-order valence-electron chi connectivity index (χ0n) is 14.3. The van der Waals surface area contributed by atoms with Gasteiger partial charge in [-0.25, -0.2) is 24.3 Å². The maximum atomic E-state index is 2.27. The summed E-state index contributed by atoms with van der Waals surface area (Å²) in [5.41, 5.74) is 3.15. The van der Waals surface area contributed by atoms with Gasteiger partial charge in [-0.3, -0.25) is 0 Å². The van der Waals surface area contributed by atoms with E-state index in [1.54, 1.807) is 11.1 Å². The summed E-state index contributed by atoms with van der Waals surface area (Å²) in [5.74, 6) is 1.78. The van der Waals surface area contributed by atoms with E-state index in [4.69, 9.17) is 0 Å². The van der Waals surface area contributed by atoms with Crippen LogP contribution >= 0.6 is 0 Å². The molecule has 0 saturated heterocycles. The van der Waals surface area contributed by atoms with E-state index in [0.29, 0.717) is 0 Å². The Balaban J connectivity index is 0.000000160. The van der Waals surface area contributed by atoms with E-state index in [0.717, 1.165) is 11.8 Å². The smallest absolute Gasteiger partial charge is 0.213 e. The van der Waals surface area contributed by atoms with Gasteiger partial charge in [-0.2, -0.15) is 35.4 Å². The molecule has 0 amide bonds. The van der Waals surface area contributed by atoms with Crippen LogP contribution in [0.5, 0.6) is 0 Å². The minimum absolute atomic E-state index is 0. The largest absolute Gasteiger partial charge is 2.00 e. The fraction of sp³-hybridized carbons (Fsp3) is 0.545. The molecule has 2 aliphatic carbocycles. The van der Waals surface area contributed by atoms with Crippen molar-refractivity contribution in [3.8, 4) is 0 Å². The third kappa shape index (κ3) is 5.86. The summed E-state index contributed by atoms with van der Waals surface area (Å²) in [4.78, 5) is 0. The molecule has 2 aliphatic rings. The number of hydrogen-bond acceptors (Lipinski definition) is 0. The molecule has 0 aromatic heterocycles. The Bertz CT molecular complexity index is 434. The normalized spacial score (nSPS) is 19.5. The van der Waals surface area contributed by atoms with Crippen molar-refractivity contribution >= 4 is 0 Å². The van der Waals surface area contributed by atoms with Crippen LogP contribution < -0.4 is 0 Å². The van der Waals surface area contributed by atoms with Gasteiger partial charge in [-0.1, -0.05) is 76.0 Å². The van der Waals surface area contributed by atoms with Gasteiger partial charge in [0, 0.05) is 0 Å². The van der Waals surface area contributed by atoms with E-state index in [2.05, 4.69) is 48.5 Å².